The maximum atomic E-state index is 10.7. The number of hydrogen-bond donors (Lipinski definition) is 1. The van der Waals surface area contributed by atoms with Crippen molar-refractivity contribution < 1.29 is 14.6 Å². The monoisotopic (exact) mass is 288 g/mol. The van der Waals surface area contributed by atoms with Crippen LogP contribution in [0, 0.1) is 0 Å². The second-order valence-electron chi connectivity index (χ2n) is 4.97. The zero-order valence-corrected chi connectivity index (χ0v) is 12.8. The molecular weight excluding hydrogens is 264 g/mol. The van der Waals surface area contributed by atoms with Gasteiger partial charge in [-0.1, -0.05) is 50.5 Å². The van der Waals surface area contributed by atoms with Crippen molar-refractivity contribution in [1.82, 2.24) is 0 Å². The van der Waals surface area contributed by atoms with E-state index in [1.807, 2.05) is 30.3 Å². The largest absolute Gasteiger partial charge is 0.497 e. The Bertz CT molecular complexity index is 484. The zero-order valence-electron chi connectivity index (χ0n) is 12.8. The first-order valence-electron chi connectivity index (χ1n) is 7.41. The Labute approximate surface area is 127 Å². The molecule has 3 heteroatoms. The van der Waals surface area contributed by atoms with Gasteiger partial charge in [-0.3, -0.25) is 0 Å². The van der Waals surface area contributed by atoms with Gasteiger partial charge in [0.05, 0.1) is 7.11 Å². The number of allylic oxidation sites excluding steroid dienone is 2. The lowest BCUT2D eigenvalue weighted by Crippen LogP contribution is -1.89. The molecule has 0 fully saturated rings. The van der Waals surface area contributed by atoms with Crippen LogP contribution in [0.3, 0.4) is 0 Å². The molecule has 0 aliphatic rings. The highest BCUT2D eigenvalue weighted by Gasteiger charge is 1.98. The highest BCUT2D eigenvalue weighted by Crippen LogP contribution is 2.18. The number of ether oxygens (including phenoxy) is 1. The molecule has 1 N–H and O–H groups in total. The molecule has 3 nitrogen and oxygen atoms in total. The maximum absolute atomic E-state index is 10.7. The van der Waals surface area contributed by atoms with Crippen LogP contribution in [-0.2, 0) is 4.79 Å². The van der Waals surface area contributed by atoms with Crippen molar-refractivity contribution in [3.8, 4) is 5.75 Å². The average molecular weight is 288 g/mol. The molecule has 0 heterocycles. The summed E-state index contributed by atoms with van der Waals surface area (Å²) in [6.45, 7) is 2.18. The third kappa shape index (κ3) is 7.35. The fourth-order valence-corrected chi connectivity index (χ4v) is 2.05. The minimum absolute atomic E-state index is 0.817. The molecule has 0 aliphatic heterocycles. The fraction of sp³-hybridized carbons (Fsp3) is 0.389. The molecule has 0 amide bonds. The van der Waals surface area contributed by atoms with Crippen LogP contribution in [0.5, 0.6) is 5.75 Å². The van der Waals surface area contributed by atoms with Gasteiger partial charge in [0.1, 0.15) is 5.75 Å². The first kappa shape index (κ1) is 17.0. The Morgan fingerprint density at radius 2 is 1.86 bits per heavy atom. The Kier molecular flexibility index (Phi) is 7.95. The molecule has 0 saturated heterocycles. The molecule has 0 spiro atoms. The summed E-state index contributed by atoms with van der Waals surface area (Å²) in [5, 5.41) is 8.78. The van der Waals surface area contributed by atoms with E-state index >= 15 is 0 Å². The summed E-state index contributed by atoms with van der Waals surface area (Å²) in [6, 6.07) is 7.75. The van der Waals surface area contributed by atoms with E-state index in [0.717, 1.165) is 29.7 Å². The van der Waals surface area contributed by atoms with Crippen molar-refractivity contribution in [2.45, 2.75) is 39.0 Å². The smallest absolute Gasteiger partial charge is 0.328 e. The van der Waals surface area contributed by atoms with Gasteiger partial charge in [0.15, 0.2) is 0 Å². The van der Waals surface area contributed by atoms with E-state index in [0.29, 0.717) is 0 Å². The number of methoxy groups -OCH3 is 1. The summed E-state index contributed by atoms with van der Waals surface area (Å²) < 4.78 is 5.13. The maximum Gasteiger partial charge on any atom is 0.328 e. The molecular formula is C18H24O3. The molecule has 114 valence electrons. The predicted molar refractivity (Wildman–Crippen MR) is 86.5 cm³/mol. The number of benzene rings is 1. The molecule has 0 atom stereocenters. The lowest BCUT2D eigenvalue weighted by Gasteiger charge is -2.04. The number of carboxylic acid groups (broad SMARTS) is 1. The molecule has 0 aliphatic carbocycles. The van der Waals surface area contributed by atoms with Crippen LogP contribution < -0.4 is 4.74 Å². The van der Waals surface area contributed by atoms with Gasteiger partial charge in [0.2, 0.25) is 0 Å². The first-order chi connectivity index (χ1) is 10.2. The van der Waals surface area contributed by atoms with Crippen molar-refractivity contribution in [2.24, 2.45) is 0 Å². The van der Waals surface area contributed by atoms with Gasteiger partial charge in [-0.25, -0.2) is 4.79 Å². The molecule has 0 radical (unpaired) electrons. The van der Waals surface area contributed by atoms with Crippen molar-refractivity contribution in [2.75, 3.05) is 7.11 Å². The van der Waals surface area contributed by atoms with E-state index in [1.165, 1.54) is 25.3 Å². The molecule has 1 aromatic rings. The number of hydrogen-bond acceptors (Lipinski definition) is 2. The van der Waals surface area contributed by atoms with Crippen LogP contribution in [0.1, 0.15) is 44.6 Å². The number of unbranched alkanes of at least 4 members (excludes halogenated alkanes) is 3. The van der Waals surface area contributed by atoms with E-state index in [-0.39, 0.29) is 0 Å². The quantitative estimate of drug-likeness (QED) is 0.407. The van der Waals surface area contributed by atoms with Crippen LogP contribution in [0.25, 0.3) is 6.08 Å². The standard InChI is InChI=1S/C18H24O3/c1-3-4-5-6-7-15(10-13-18(19)20)14-16-8-11-17(21-2)12-9-16/h8-14H,3-7H2,1-2H3,(H,19,20)/b13-10+,15-14+. The van der Waals surface area contributed by atoms with Gasteiger partial charge in [-0.2, -0.15) is 0 Å². The zero-order chi connectivity index (χ0) is 15.5. The Morgan fingerprint density at radius 3 is 2.43 bits per heavy atom. The molecule has 1 aromatic carbocycles. The number of carboxylic acids is 1. The van der Waals surface area contributed by atoms with Crippen molar-refractivity contribution >= 4 is 12.0 Å². The highest BCUT2D eigenvalue weighted by molar-refractivity contribution is 5.80. The Balaban J connectivity index is 2.76. The minimum Gasteiger partial charge on any atom is -0.497 e. The van der Waals surface area contributed by atoms with Gasteiger partial charge >= 0.3 is 5.97 Å². The summed E-state index contributed by atoms with van der Waals surface area (Å²) in [7, 11) is 1.64. The SMILES string of the molecule is CCCCCCC(/C=C/C(=O)O)=C\c1ccc(OC)cc1. The van der Waals surface area contributed by atoms with Gasteiger partial charge in [0.25, 0.3) is 0 Å². The predicted octanol–water partition coefficient (Wildman–Crippen LogP) is 4.69. The summed E-state index contributed by atoms with van der Waals surface area (Å²) >= 11 is 0. The van der Waals surface area contributed by atoms with Gasteiger partial charge in [-0.05, 0) is 36.1 Å². The van der Waals surface area contributed by atoms with Gasteiger partial charge in [-0.15, -0.1) is 0 Å². The van der Waals surface area contributed by atoms with Gasteiger partial charge in [0, 0.05) is 6.08 Å². The normalized spacial score (nSPS) is 11.8. The highest BCUT2D eigenvalue weighted by atomic mass is 16.5. The molecule has 0 bridgehead atoms. The van der Waals surface area contributed by atoms with E-state index in [1.54, 1.807) is 13.2 Å². The average Bonchev–Trinajstić information content (AvgIpc) is 2.49. The van der Waals surface area contributed by atoms with Crippen LogP contribution in [0.2, 0.25) is 0 Å². The fourth-order valence-electron chi connectivity index (χ4n) is 2.05. The van der Waals surface area contributed by atoms with Crippen LogP contribution >= 0.6 is 0 Å². The van der Waals surface area contributed by atoms with Crippen LogP contribution in [0.15, 0.2) is 42.0 Å². The third-order valence-electron chi connectivity index (χ3n) is 3.23. The summed E-state index contributed by atoms with van der Waals surface area (Å²) in [6.07, 6.45) is 10.5. The first-order valence-corrected chi connectivity index (χ1v) is 7.41. The number of carbonyl (C=O) groups is 1. The van der Waals surface area contributed by atoms with Crippen molar-refractivity contribution in [3.05, 3.63) is 47.6 Å². The molecule has 21 heavy (non-hydrogen) atoms. The van der Waals surface area contributed by atoms with E-state index in [2.05, 4.69) is 6.92 Å². The molecule has 0 aromatic heterocycles. The second kappa shape index (κ2) is 9.81. The Hall–Kier alpha value is -2.03. The van der Waals surface area contributed by atoms with Gasteiger partial charge < -0.3 is 9.84 Å². The summed E-state index contributed by atoms with van der Waals surface area (Å²) in [4.78, 5) is 10.7. The molecule has 1 rings (SSSR count). The molecule has 0 unspecified atom stereocenters. The summed E-state index contributed by atoms with van der Waals surface area (Å²) in [5.41, 5.74) is 2.09. The van der Waals surface area contributed by atoms with E-state index in [9.17, 15) is 4.79 Å². The van der Waals surface area contributed by atoms with E-state index in [4.69, 9.17) is 9.84 Å². The van der Waals surface area contributed by atoms with E-state index < -0.39 is 5.97 Å². The Morgan fingerprint density at radius 1 is 1.14 bits per heavy atom. The second-order valence-corrected chi connectivity index (χ2v) is 4.97. The third-order valence-corrected chi connectivity index (χ3v) is 3.23. The topological polar surface area (TPSA) is 46.5 Å². The number of rotatable bonds is 9. The molecule has 0 saturated carbocycles. The van der Waals surface area contributed by atoms with Crippen molar-refractivity contribution in [1.29, 1.82) is 0 Å². The number of aliphatic carboxylic acids is 1. The summed E-state index contributed by atoms with van der Waals surface area (Å²) in [5.74, 6) is -0.0955. The van der Waals surface area contributed by atoms with Crippen LogP contribution in [-0.4, -0.2) is 18.2 Å². The van der Waals surface area contributed by atoms with Crippen LogP contribution in [0.4, 0.5) is 0 Å². The lowest BCUT2D eigenvalue weighted by molar-refractivity contribution is -0.131. The van der Waals surface area contributed by atoms with Crippen molar-refractivity contribution in [3.63, 3.8) is 0 Å². The lowest BCUT2D eigenvalue weighted by atomic mass is 10.0. The minimum atomic E-state index is -0.913.